The molecular weight excluding hydrogens is 210 g/mol. The van der Waals surface area contributed by atoms with E-state index in [1.54, 1.807) is 0 Å². The van der Waals surface area contributed by atoms with E-state index in [1.165, 1.54) is 0 Å². The van der Waals surface area contributed by atoms with Crippen LogP contribution in [0.2, 0.25) is 0 Å². The van der Waals surface area contributed by atoms with Gasteiger partial charge in [-0.3, -0.25) is 9.88 Å². The Labute approximate surface area is 105 Å². The van der Waals surface area contributed by atoms with Crippen LogP contribution in [0.25, 0.3) is 0 Å². The van der Waals surface area contributed by atoms with Gasteiger partial charge in [-0.2, -0.15) is 0 Å². The zero-order valence-corrected chi connectivity index (χ0v) is 11.5. The third kappa shape index (κ3) is 5.80. The van der Waals surface area contributed by atoms with Gasteiger partial charge >= 0.3 is 0 Å². The van der Waals surface area contributed by atoms with Gasteiger partial charge in [0.25, 0.3) is 0 Å². The highest BCUT2D eigenvalue weighted by Gasteiger charge is 2.13. The summed E-state index contributed by atoms with van der Waals surface area (Å²) in [5.74, 6) is 0. The van der Waals surface area contributed by atoms with Crippen molar-refractivity contribution in [1.82, 2.24) is 9.88 Å². The molecule has 0 radical (unpaired) electrons. The van der Waals surface area contributed by atoms with Gasteiger partial charge in [-0.1, -0.05) is 13.0 Å². The van der Waals surface area contributed by atoms with Crippen molar-refractivity contribution < 1.29 is 0 Å². The summed E-state index contributed by atoms with van der Waals surface area (Å²) in [6.07, 6.45) is 1.01. The molecule has 1 rings (SSSR count). The van der Waals surface area contributed by atoms with E-state index in [0.29, 0.717) is 0 Å². The first-order valence-electron chi connectivity index (χ1n) is 6.34. The Morgan fingerprint density at radius 2 is 2.06 bits per heavy atom. The standard InChI is InChI=1S/C14H25N3/c1-5-17(10-9-14(3,4)15)11-13-8-6-7-12(2)16-13/h6-8H,5,9-11,15H2,1-4H3. The number of nitrogens with two attached hydrogens (primary N) is 1. The molecule has 0 aromatic carbocycles. The van der Waals surface area contributed by atoms with E-state index in [-0.39, 0.29) is 5.54 Å². The number of pyridine rings is 1. The van der Waals surface area contributed by atoms with Crippen molar-refractivity contribution in [2.75, 3.05) is 13.1 Å². The second-order valence-corrected chi connectivity index (χ2v) is 5.38. The predicted molar refractivity (Wildman–Crippen MR) is 72.8 cm³/mol. The van der Waals surface area contributed by atoms with Crippen LogP contribution >= 0.6 is 0 Å². The van der Waals surface area contributed by atoms with Crippen molar-refractivity contribution >= 4 is 0 Å². The van der Waals surface area contributed by atoms with Crippen LogP contribution in [0.3, 0.4) is 0 Å². The van der Waals surface area contributed by atoms with Gasteiger partial charge in [-0.05, 0) is 45.9 Å². The van der Waals surface area contributed by atoms with Crippen molar-refractivity contribution in [2.45, 2.75) is 46.2 Å². The number of hydrogen-bond acceptors (Lipinski definition) is 3. The average Bonchev–Trinajstić information content (AvgIpc) is 2.23. The summed E-state index contributed by atoms with van der Waals surface area (Å²) in [6.45, 7) is 11.3. The maximum absolute atomic E-state index is 6.01. The van der Waals surface area contributed by atoms with Crippen LogP contribution in [0.15, 0.2) is 18.2 Å². The number of rotatable bonds is 6. The summed E-state index contributed by atoms with van der Waals surface area (Å²) in [6, 6.07) is 6.18. The van der Waals surface area contributed by atoms with E-state index in [2.05, 4.69) is 42.8 Å². The third-order valence-corrected chi connectivity index (χ3v) is 2.85. The first kappa shape index (κ1) is 14.1. The quantitative estimate of drug-likeness (QED) is 0.823. The van der Waals surface area contributed by atoms with Crippen molar-refractivity contribution in [3.8, 4) is 0 Å². The van der Waals surface area contributed by atoms with Gasteiger partial charge in [0.1, 0.15) is 0 Å². The second-order valence-electron chi connectivity index (χ2n) is 5.38. The molecule has 0 aliphatic carbocycles. The first-order valence-corrected chi connectivity index (χ1v) is 6.34. The molecule has 0 aliphatic heterocycles. The first-order chi connectivity index (χ1) is 7.90. The fraction of sp³-hybridized carbons (Fsp3) is 0.643. The Bertz CT molecular complexity index is 342. The Kier molecular flexibility index (Phi) is 5.09. The summed E-state index contributed by atoms with van der Waals surface area (Å²) in [4.78, 5) is 6.92. The van der Waals surface area contributed by atoms with Crippen LogP contribution in [-0.4, -0.2) is 28.5 Å². The van der Waals surface area contributed by atoms with Gasteiger partial charge < -0.3 is 5.73 Å². The molecule has 1 heterocycles. The number of aromatic nitrogens is 1. The molecule has 0 saturated carbocycles. The van der Waals surface area contributed by atoms with Crippen LogP contribution in [0.1, 0.15) is 38.6 Å². The van der Waals surface area contributed by atoms with Gasteiger partial charge in [0.2, 0.25) is 0 Å². The molecule has 0 amide bonds. The molecule has 0 aliphatic rings. The fourth-order valence-electron chi connectivity index (χ4n) is 1.71. The lowest BCUT2D eigenvalue weighted by Crippen LogP contribution is -2.37. The highest BCUT2D eigenvalue weighted by Crippen LogP contribution is 2.08. The van der Waals surface area contributed by atoms with Crippen LogP contribution in [0, 0.1) is 6.92 Å². The minimum Gasteiger partial charge on any atom is -0.326 e. The Morgan fingerprint density at radius 1 is 1.35 bits per heavy atom. The topological polar surface area (TPSA) is 42.1 Å². The monoisotopic (exact) mass is 235 g/mol. The Balaban J connectivity index is 2.52. The molecular formula is C14H25N3. The van der Waals surface area contributed by atoms with Gasteiger partial charge in [-0.15, -0.1) is 0 Å². The van der Waals surface area contributed by atoms with Gasteiger partial charge in [0.15, 0.2) is 0 Å². The molecule has 17 heavy (non-hydrogen) atoms. The van der Waals surface area contributed by atoms with E-state index >= 15 is 0 Å². The van der Waals surface area contributed by atoms with E-state index in [1.807, 2.05) is 13.0 Å². The smallest absolute Gasteiger partial charge is 0.0547 e. The van der Waals surface area contributed by atoms with E-state index in [0.717, 1.165) is 37.4 Å². The van der Waals surface area contributed by atoms with Gasteiger partial charge in [0, 0.05) is 24.3 Å². The van der Waals surface area contributed by atoms with Crippen LogP contribution in [0.4, 0.5) is 0 Å². The van der Waals surface area contributed by atoms with E-state index < -0.39 is 0 Å². The molecule has 0 fully saturated rings. The minimum absolute atomic E-state index is 0.0898. The summed E-state index contributed by atoms with van der Waals surface area (Å²) < 4.78 is 0. The number of aryl methyl sites for hydroxylation is 1. The summed E-state index contributed by atoms with van der Waals surface area (Å²) in [5.41, 5.74) is 8.15. The Hall–Kier alpha value is -0.930. The zero-order chi connectivity index (χ0) is 12.9. The highest BCUT2D eigenvalue weighted by atomic mass is 15.1. The SMILES string of the molecule is CCN(CCC(C)(C)N)Cc1cccc(C)n1. The molecule has 3 heteroatoms. The van der Waals surface area contributed by atoms with Crippen molar-refractivity contribution in [3.05, 3.63) is 29.6 Å². The maximum Gasteiger partial charge on any atom is 0.0547 e. The van der Waals surface area contributed by atoms with Crippen LogP contribution in [-0.2, 0) is 6.54 Å². The average molecular weight is 235 g/mol. The third-order valence-electron chi connectivity index (χ3n) is 2.85. The Morgan fingerprint density at radius 3 is 2.59 bits per heavy atom. The van der Waals surface area contributed by atoms with Crippen molar-refractivity contribution in [1.29, 1.82) is 0 Å². The summed E-state index contributed by atoms with van der Waals surface area (Å²) >= 11 is 0. The zero-order valence-electron chi connectivity index (χ0n) is 11.5. The summed E-state index contributed by atoms with van der Waals surface area (Å²) in [5, 5.41) is 0. The van der Waals surface area contributed by atoms with Crippen LogP contribution < -0.4 is 5.73 Å². The summed E-state index contributed by atoms with van der Waals surface area (Å²) in [7, 11) is 0. The fourth-order valence-corrected chi connectivity index (χ4v) is 1.71. The van der Waals surface area contributed by atoms with Gasteiger partial charge in [0.05, 0.1) is 5.69 Å². The number of nitrogens with zero attached hydrogens (tertiary/aromatic N) is 2. The molecule has 0 atom stereocenters. The van der Waals surface area contributed by atoms with E-state index in [4.69, 9.17) is 5.73 Å². The molecule has 2 N–H and O–H groups in total. The minimum atomic E-state index is -0.0898. The molecule has 0 unspecified atom stereocenters. The largest absolute Gasteiger partial charge is 0.326 e. The molecule has 3 nitrogen and oxygen atoms in total. The highest BCUT2D eigenvalue weighted by molar-refractivity contribution is 5.09. The van der Waals surface area contributed by atoms with Gasteiger partial charge in [-0.25, -0.2) is 0 Å². The second kappa shape index (κ2) is 6.12. The van der Waals surface area contributed by atoms with Crippen LogP contribution in [0.5, 0.6) is 0 Å². The lowest BCUT2D eigenvalue weighted by molar-refractivity contribution is 0.249. The molecule has 0 bridgehead atoms. The number of hydrogen-bond donors (Lipinski definition) is 1. The molecule has 96 valence electrons. The van der Waals surface area contributed by atoms with Crippen molar-refractivity contribution in [3.63, 3.8) is 0 Å². The van der Waals surface area contributed by atoms with E-state index in [9.17, 15) is 0 Å². The molecule has 1 aromatic rings. The lowest BCUT2D eigenvalue weighted by atomic mass is 10.0. The molecule has 0 spiro atoms. The lowest BCUT2D eigenvalue weighted by Gasteiger charge is -2.25. The molecule has 1 aromatic heterocycles. The van der Waals surface area contributed by atoms with Crippen molar-refractivity contribution in [2.24, 2.45) is 5.73 Å². The molecule has 0 saturated heterocycles. The normalized spacial score (nSPS) is 12.1. The predicted octanol–water partition coefficient (Wildman–Crippen LogP) is 2.34. The maximum atomic E-state index is 6.01.